The molecule has 0 aromatic carbocycles. The molecule has 0 aliphatic heterocycles. The SMILES string of the molecule is CNC(CO)CCCN. The molecular formula is C6H16N2O. The van der Waals surface area contributed by atoms with E-state index >= 15 is 0 Å². The number of aliphatic hydroxyl groups excluding tert-OH is 1. The molecule has 0 amide bonds. The Balaban J connectivity index is 3.09. The molecule has 1 unspecified atom stereocenters. The van der Waals surface area contributed by atoms with Crippen molar-refractivity contribution in [3.8, 4) is 0 Å². The van der Waals surface area contributed by atoms with E-state index < -0.39 is 0 Å². The van der Waals surface area contributed by atoms with Gasteiger partial charge >= 0.3 is 0 Å². The Morgan fingerprint density at radius 1 is 1.67 bits per heavy atom. The number of nitrogens with two attached hydrogens (primary N) is 1. The van der Waals surface area contributed by atoms with Crippen molar-refractivity contribution >= 4 is 0 Å². The van der Waals surface area contributed by atoms with Gasteiger partial charge in [0.25, 0.3) is 0 Å². The largest absolute Gasteiger partial charge is 0.395 e. The van der Waals surface area contributed by atoms with Crippen LogP contribution in [0.3, 0.4) is 0 Å². The average Bonchev–Trinajstić information content (AvgIpc) is 1.91. The van der Waals surface area contributed by atoms with Crippen LogP contribution in [0, 0.1) is 0 Å². The van der Waals surface area contributed by atoms with Crippen molar-refractivity contribution in [1.82, 2.24) is 5.32 Å². The van der Waals surface area contributed by atoms with Crippen LogP contribution in [-0.4, -0.2) is 31.3 Å². The van der Waals surface area contributed by atoms with Crippen molar-refractivity contribution in [2.75, 3.05) is 20.2 Å². The van der Waals surface area contributed by atoms with Gasteiger partial charge in [0.1, 0.15) is 0 Å². The van der Waals surface area contributed by atoms with E-state index in [0.29, 0.717) is 6.54 Å². The van der Waals surface area contributed by atoms with Gasteiger partial charge in [-0.15, -0.1) is 0 Å². The third-order valence-electron chi connectivity index (χ3n) is 1.39. The van der Waals surface area contributed by atoms with E-state index in [2.05, 4.69) is 5.32 Å². The Morgan fingerprint density at radius 3 is 2.67 bits per heavy atom. The predicted octanol–water partition coefficient (Wildman–Crippen LogP) is -0.694. The summed E-state index contributed by atoms with van der Waals surface area (Å²) in [6, 6.07) is 0.230. The van der Waals surface area contributed by atoms with E-state index in [9.17, 15) is 0 Å². The molecule has 0 spiro atoms. The van der Waals surface area contributed by atoms with Crippen molar-refractivity contribution in [2.24, 2.45) is 5.73 Å². The molecular weight excluding hydrogens is 116 g/mol. The predicted molar refractivity (Wildman–Crippen MR) is 38.2 cm³/mol. The quantitative estimate of drug-likeness (QED) is 0.464. The Hall–Kier alpha value is -0.120. The van der Waals surface area contributed by atoms with Gasteiger partial charge in [-0.3, -0.25) is 0 Å². The number of aliphatic hydroxyl groups is 1. The molecule has 0 saturated carbocycles. The van der Waals surface area contributed by atoms with Gasteiger partial charge in [0.05, 0.1) is 6.61 Å². The van der Waals surface area contributed by atoms with Gasteiger partial charge < -0.3 is 16.2 Å². The summed E-state index contributed by atoms with van der Waals surface area (Å²) in [5, 5.41) is 11.6. The number of hydrogen-bond acceptors (Lipinski definition) is 3. The van der Waals surface area contributed by atoms with E-state index in [0.717, 1.165) is 12.8 Å². The molecule has 3 nitrogen and oxygen atoms in total. The van der Waals surface area contributed by atoms with Gasteiger partial charge in [-0.2, -0.15) is 0 Å². The fraction of sp³-hybridized carbons (Fsp3) is 1.00. The summed E-state index contributed by atoms with van der Waals surface area (Å²) >= 11 is 0. The third-order valence-corrected chi connectivity index (χ3v) is 1.39. The van der Waals surface area contributed by atoms with E-state index in [4.69, 9.17) is 10.8 Å². The topological polar surface area (TPSA) is 58.3 Å². The zero-order chi connectivity index (χ0) is 7.11. The van der Waals surface area contributed by atoms with Crippen molar-refractivity contribution in [2.45, 2.75) is 18.9 Å². The van der Waals surface area contributed by atoms with Crippen molar-refractivity contribution < 1.29 is 5.11 Å². The van der Waals surface area contributed by atoms with Crippen LogP contribution in [0.4, 0.5) is 0 Å². The Labute approximate surface area is 56.2 Å². The first-order valence-corrected chi connectivity index (χ1v) is 3.33. The maximum absolute atomic E-state index is 8.65. The fourth-order valence-corrected chi connectivity index (χ4v) is 0.691. The minimum Gasteiger partial charge on any atom is -0.395 e. The molecule has 0 aromatic heterocycles. The summed E-state index contributed by atoms with van der Waals surface area (Å²) in [5.41, 5.74) is 5.28. The first-order valence-electron chi connectivity index (χ1n) is 3.33. The second kappa shape index (κ2) is 6.01. The Morgan fingerprint density at radius 2 is 2.33 bits per heavy atom. The monoisotopic (exact) mass is 132 g/mol. The van der Waals surface area contributed by atoms with Crippen LogP contribution >= 0.6 is 0 Å². The first kappa shape index (κ1) is 8.88. The molecule has 4 N–H and O–H groups in total. The summed E-state index contributed by atoms with van der Waals surface area (Å²) in [6.07, 6.45) is 1.94. The minimum absolute atomic E-state index is 0.205. The fourth-order valence-electron chi connectivity index (χ4n) is 0.691. The number of nitrogens with one attached hydrogen (secondary N) is 1. The lowest BCUT2D eigenvalue weighted by Crippen LogP contribution is -2.29. The van der Waals surface area contributed by atoms with Crippen molar-refractivity contribution in [3.63, 3.8) is 0 Å². The van der Waals surface area contributed by atoms with E-state index in [1.165, 1.54) is 0 Å². The lowest BCUT2D eigenvalue weighted by atomic mass is 10.2. The molecule has 0 heterocycles. The van der Waals surface area contributed by atoms with Gasteiger partial charge in [0.15, 0.2) is 0 Å². The van der Waals surface area contributed by atoms with Crippen molar-refractivity contribution in [3.05, 3.63) is 0 Å². The first-order chi connectivity index (χ1) is 4.35. The smallest absolute Gasteiger partial charge is 0.0584 e. The highest BCUT2D eigenvalue weighted by molar-refractivity contribution is 4.61. The maximum Gasteiger partial charge on any atom is 0.0584 e. The van der Waals surface area contributed by atoms with Crippen molar-refractivity contribution in [1.29, 1.82) is 0 Å². The summed E-state index contributed by atoms with van der Waals surface area (Å²) in [5.74, 6) is 0. The second-order valence-corrected chi connectivity index (χ2v) is 2.10. The lowest BCUT2D eigenvalue weighted by Gasteiger charge is -2.10. The van der Waals surface area contributed by atoms with Crippen LogP contribution in [-0.2, 0) is 0 Å². The van der Waals surface area contributed by atoms with Crippen LogP contribution in [0.15, 0.2) is 0 Å². The maximum atomic E-state index is 8.65. The molecule has 56 valence electrons. The van der Waals surface area contributed by atoms with Gasteiger partial charge in [-0.1, -0.05) is 0 Å². The standard InChI is InChI=1S/C6H16N2O/c1-8-6(5-9)3-2-4-7/h6,8-9H,2-5,7H2,1H3. The summed E-state index contributed by atoms with van der Waals surface area (Å²) < 4.78 is 0. The molecule has 0 saturated heterocycles. The Kier molecular flexibility index (Phi) is 5.93. The van der Waals surface area contributed by atoms with E-state index in [-0.39, 0.29) is 12.6 Å². The summed E-state index contributed by atoms with van der Waals surface area (Å²) in [7, 11) is 1.84. The van der Waals surface area contributed by atoms with Gasteiger partial charge in [-0.25, -0.2) is 0 Å². The number of hydrogen-bond donors (Lipinski definition) is 3. The second-order valence-electron chi connectivity index (χ2n) is 2.10. The van der Waals surface area contributed by atoms with Crippen LogP contribution in [0.1, 0.15) is 12.8 Å². The molecule has 0 radical (unpaired) electrons. The number of likely N-dealkylation sites (N-methyl/N-ethyl adjacent to an activating group) is 1. The normalized spacial score (nSPS) is 13.7. The Bertz CT molecular complexity index is 55.0. The zero-order valence-electron chi connectivity index (χ0n) is 5.93. The lowest BCUT2D eigenvalue weighted by molar-refractivity contribution is 0.241. The number of rotatable bonds is 5. The van der Waals surface area contributed by atoms with Gasteiger partial charge in [0.2, 0.25) is 0 Å². The van der Waals surface area contributed by atoms with Crippen LogP contribution in [0.2, 0.25) is 0 Å². The van der Waals surface area contributed by atoms with Crippen LogP contribution in [0.5, 0.6) is 0 Å². The van der Waals surface area contributed by atoms with Gasteiger partial charge in [-0.05, 0) is 26.4 Å². The summed E-state index contributed by atoms with van der Waals surface area (Å²) in [6.45, 7) is 0.911. The average molecular weight is 132 g/mol. The molecule has 0 bridgehead atoms. The molecule has 9 heavy (non-hydrogen) atoms. The third kappa shape index (κ3) is 4.39. The highest BCUT2D eigenvalue weighted by atomic mass is 16.3. The van der Waals surface area contributed by atoms with E-state index in [1.807, 2.05) is 7.05 Å². The highest BCUT2D eigenvalue weighted by Gasteiger charge is 2.00. The molecule has 0 fully saturated rings. The molecule has 0 rings (SSSR count). The van der Waals surface area contributed by atoms with E-state index in [1.54, 1.807) is 0 Å². The summed E-state index contributed by atoms with van der Waals surface area (Å²) in [4.78, 5) is 0. The van der Waals surface area contributed by atoms with Crippen LogP contribution in [0.25, 0.3) is 0 Å². The highest BCUT2D eigenvalue weighted by Crippen LogP contribution is 1.92. The molecule has 0 aliphatic rings. The molecule has 0 aromatic rings. The zero-order valence-corrected chi connectivity index (χ0v) is 5.93. The van der Waals surface area contributed by atoms with Crippen LogP contribution < -0.4 is 11.1 Å². The molecule has 0 aliphatic carbocycles. The van der Waals surface area contributed by atoms with Gasteiger partial charge in [0, 0.05) is 6.04 Å². The molecule has 3 heteroatoms. The molecule has 1 atom stereocenters. The minimum atomic E-state index is 0.205.